The molecule has 0 fully saturated rings. The number of aliphatic hydroxyl groups excluding tert-OH is 8. The Balaban J connectivity index is 0.000000204. The predicted molar refractivity (Wildman–Crippen MR) is 515 cm³/mol. The summed E-state index contributed by atoms with van der Waals surface area (Å²) in [7, 11) is 3.16. The van der Waals surface area contributed by atoms with E-state index in [4.69, 9.17) is 76.9 Å². The van der Waals surface area contributed by atoms with Gasteiger partial charge >= 0.3 is 0 Å². The van der Waals surface area contributed by atoms with Crippen LogP contribution in [-0.4, -0.2) is 218 Å². The third-order valence-electron chi connectivity index (χ3n) is 22.2. The molecule has 732 valence electrons. The van der Waals surface area contributed by atoms with Crippen molar-refractivity contribution in [2.24, 2.45) is 11.8 Å². The van der Waals surface area contributed by atoms with Crippen LogP contribution in [0.2, 0.25) is 0 Å². The van der Waals surface area contributed by atoms with Crippen LogP contribution in [0.5, 0.6) is 34.8 Å². The monoisotopic (exact) mass is 1870 g/mol. The molecule has 4 aromatic carbocycles. The van der Waals surface area contributed by atoms with Crippen molar-refractivity contribution in [3.05, 3.63) is 176 Å². The first-order valence-corrected chi connectivity index (χ1v) is 46.5. The van der Waals surface area contributed by atoms with Gasteiger partial charge in [-0.2, -0.15) is 19.9 Å². The Labute approximate surface area is 794 Å². The van der Waals surface area contributed by atoms with E-state index in [1.165, 1.54) is 0 Å². The van der Waals surface area contributed by atoms with E-state index in [-0.39, 0.29) is 52.7 Å². The number of carbonyl (C=O) groups excluding carboxylic acids is 2. The number of hydrogen-bond acceptors (Lipinski definition) is 32. The quantitative estimate of drug-likeness (QED) is 0.0169. The third-order valence-corrected chi connectivity index (χ3v) is 22.2. The maximum absolute atomic E-state index is 11.2. The van der Waals surface area contributed by atoms with E-state index in [2.05, 4.69) is 117 Å². The fraction of sp³-hybridized carbons (Fsp3) is 0.471. The van der Waals surface area contributed by atoms with Crippen LogP contribution in [0.25, 0.3) is 91.4 Å². The number of aliphatic hydroxyl groups is 8. The molecule has 8 aromatic heterocycles. The molecular weight excluding hydrogens is 1740 g/mol. The van der Waals surface area contributed by atoms with Gasteiger partial charge in [-0.3, -0.25) is 19.6 Å². The molecular formula is C102H134N14O20. The van der Waals surface area contributed by atoms with Gasteiger partial charge in [0.05, 0.1) is 27.4 Å². The van der Waals surface area contributed by atoms with Gasteiger partial charge in [0.25, 0.3) is 23.6 Å². The molecule has 0 unspecified atom stereocenters. The molecule has 0 aliphatic heterocycles. The van der Waals surface area contributed by atoms with Crippen molar-refractivity contribution in [3.8, 4) is 126 Å². The maximum Gasteiger partial charge on any atom is 0.258 e. The summed E-state index contributed by atoms with van der Waals surface area (Å²) in [6, 6.07) is 31.0. The first kappa shape index (κ1) is 107. The van der Waals surface area contributed by atoms with Gasteiger partial charge in [0, 0.05) is 116 Å². The lowest BCUT2D eigenvalue weighted by Crippen LogP contribution is -2.36. The first-order valence-electron chi connectivity index (χ1n) is 46.5. The fourth-order valence-corrected chi connectivity index (χ4v) is 15.2. The Hall–Kier alpha value is -12.5. The van der Waals surface area contributed by atoms with Gasteiger partial charge in [0.15, 0.2) is 0 Å². The number of rotatable bonds is 44. The summed E-state index contributed by atoms with van der Waals surface area (Å²) in [5.74, 6) is 7.95. The van der Waals surface area contributed by atoms with Crippen LogP contribution < -0.4 is 39.1 Å². The maximum atomic E-state index is 11.2. The van der Waals surface area contributed by atoms with E-state index in [9.17, 15) is 30.0 Å². The molecule has 0 aliphatic rings. The number of nitrogens with one attached hydrogen (secondary N) is 2. The van der Waals surface area contributed by atoms with Crippen LogP contribution in [0.3, 0.4) is 0 Å². The number of ether oxygens (including phenoxy) is 6. The average molecular weight is 1880 g/mol. The zero-order chi connectivity index (χ0) is 99.0. The van der Waals surface area contributed by atoms with Crippen LogP contribution in [0.15, 0.2) is 115 Å². The van der Waals surface area contributed by atoms with Crippen LogP contribution in [-0.2, 0) is 48.1 Å². The van der Waals surface area contributed by atoms with Crippen LogP contribution in [0, 0.1) is 53.4 Å². The lowest BCUT2D eigenvalue weighted by Gasteiger charge is -2.17. The van der Waals surface area contributed by atoms with Gasteiger partial charge in [-0.15, -0.1) is 0 Å². The molecule has 4 atom stereocenters. The van der Waals surface area contributed by atoms with E-state index < -0.39 is 49.4 Å². The molecule has 2 amide bonds. The van der Waals surface area contributed by atoms with Crippen molar-refractivity contribution in [2.45, 2.75) is 225 Å². The first-order chi connectivity index (χ1) is 65.2. The Bertz CT molecular complexity index is 5610. The topological polar surface area (TPSA) is 483 Å². The Kier molecular flexibility index (Phi) is 41.4. The second-order valence-corrected chi connectivity index (χ2v) is 34.2. The second-order valence-electron chi connectivity index (χ2n) is 34.2. The SMILES string of the molecule is CCc1cc(-c2noc(-c3cc(C)nc(C(CC)CC)c3)n2)cc(C)c1OC[C@@H](O)CNC(=O)CO.CCc1cc(-c2noc(-c3cc(C)nc(C(CC)CC)c3)n2)cc(C)c1OC[C@@H](O)CO.CCc1cc(-c2noc(-c3cc(CC(C)C)nc(OC)c3)n2)cc(C)c1OC[C@@H](O)CNC(=O)CO.CCc1cc(-c2noc(-c3cc(CC(C)C)nc(OC)c3)n2)cc(C)c1OC[C@@H](O)CO. The molecule has 0 spiro atoms. The standard InChI is InChI=1S/C27H36N4O5.C26H34N4O6.C25H33N3O4.C24H31N3O5/c1-6-18(7-2)23-12-21(10-17(5)29-23)27-30-26(31-36-27)20-9-16(4)25(19(8-3)11-20)35-15-22(33)13-28-24(34)14-32;1-6-17-9-18(8-16(4)24(17)35-14-21(32)12-27-22(33)13-31)25-29-26(36-30-25)19-10-20(7-15(2)3)28-23(11-19)34-5;1-6-17(7-2)22-12-20(10-16(5)26-22)25-27-24(28-32-25)19-9-15(4)23(18(8-3)11-19)31-14-21(30)13-29;1-6-16-9-17(8-15(4)22(16)31-13-20(29)12-28)23-26-24(32-27-23)18-10-19(7-14(2)3)25-21(11-18)30-5/h9-12,18,22,32-33H,6-8,13-15H2,1-5H3,(H,28,34);8-11,15,21,31-32H,6-7,12-14H2,1-5H3,(H,27,33);9-12,17,21,29-30H,6-8,13-14H2,1-5H3;8-11,14,20,28-29H,6-7,12-13H2,1-5H3/t22-;2*21-;20-/m0000/s1. The number of benzene rings is 4. The minimum Gasteiger partial charge on any atom is -0.490 e. The number of aryl methyl sites for hydroxylation is 10. The molecule has 10 N–H and O–H groups in total. The van der Waals surface area contributed by atoms with Gasteiger partial charge in [0.1, 0.15) is 87.1 Å². The molecule has 0 saturated heterocycles. The third kappa shape index (κ3) is 30.2. The smallest absolute Gasteiger partial charge is 0.258 e. The van der Waals surface area contributed by atoms with Crippen molar-refractivity contribution in [2.75, 3.05) is 80.2 Å². The Morgan fingerprint density at radius 3 is 0.860 bits per heavy atom. The number of carbonyl (C=O) groups is 2. The summed E-state index contributed by atoms with van der Waals surface area (Å²) in [6.07, 6.45) is 4.92. The zero-order valence-corrected chi connectivity index (χ0v) is 81.8. The van der Waals surface area contributed by atoms with Crippen molar-refractivity contribution in [1.29, 1.82) is 0 Å². The fourth-order valence-electron chi connectivity index (χ4n) is 15.2. The number of aromatic nitrogens is 12. The van der Waals surface area contributed by atoms with E-state index in [1.54, 1.807) is 26.4 Å². The molecule has 34 heteroatoms. The summed E-state index contributed by atoms with van der Waals surface area (Å²) in [4.78, 5) is 59.3. The van der Waals surface area contributed by atoms with Gasteiger partial charge in [-0.1, -0.05) is 104 Å². The molecule has 12 rings (SSSR count). The minimum atomic E-state index is -0.920. The average Bonchev–Trinajstić information content (AvgIpc) is 1.64. The largest absolute Gasteiger partial charge is 0.490 e. The van der Waals surface area contributed by atoms with E-state index >= 15 is 0 Å². The summed E-state index contributed by atoms with van der Waals surface area (Å²) < 4.78 is 56.4. The van der Waals surface area contributed by atoms with E-state index in [0.717, 1.165) is 175 Å². The van der Waals surface area contributed by atoms with Crippen molar-refractivity contribution in [3.63, 3.8) is 0 Å². The summed E-state index contributed by atoms with van der Waals surface area (Å²) in [5, 5.41) is 96.7. The highest BCUT2D eigenvalue weighted by molar-refractivity contribution is 5.77. The summed E-state index contributed by atoms with van der Waals surface area (Å²) >= 11 is 0. The number of amides is 2. The van der Waals surface area contributed by atoms with Gasteiger partial charge in [-0.05, 0) is 247 Å². The van der Waals surface area contributed by atoms with Crippen LogP contribution >= 0.6 is 0 Å². The second kappa shape index (κ2) is 52.5. The summed E-state index contributed by atoms with van der Waals surface area (Å²) in [5.41, 5.74) is 19.6. The highest BCUT2D eigenvalue weighted by atomic mass is 16.5. The lowest BCUT2D eigenvalue weighted by molar-refractivity contribution is -0.125. The molecule has 0 bridgehead atoms. The van der Waals surface area contributed by atoms with Crippen LogP contribution in [0.4, 0.5) is 0 Å². The highest BCUT2D eigenvalue weighted by Gasteiger charge is 2.26. The molecule has 0 aliphatic carbocycles. The minimum absolute atomic E-state index is 0.00290. The Morgan fingerprint density at radius 2 is 0.618 bits per heavy atom. The van der Waals surface area contributed by atoms with E-state index in [0.29, 0.717) is 118 Å². The van der Waals surface area contributed by atoms with Gasteiger partial charge in [-0.25, -0.2) is 9.97 Å². The van der Waals surface area contributed by atoms with Crippen LogP contribution in [0.1, 0.15) is 199 Å². The summed E-state index contributed by atoms with van der Waals surface area (Å²) in [6.45, 7) is 35.1. The molecule has 12 aromatic rings. The predicted octanol–water partition coefficient (Wildman–Crippen LogP) is 14.7. The Morgan fingerprint density at radius 1 is 0.346 bits per heavy atom. The van der Waals surface area contributed by atoms with Crippen molar-refractivity contribution < 1.29 is 97.0 Å². The highest BCUT2D eigenvalue weighted by Crippen LogP contribution is 2.39. The normalized spacial score (nSPS) is 12.2. The van der Waals surface area contributed by atoms with Gasteiger partial charge in [0.2, 0.25) is 46.9 Å². The molecule has 0 saturated carbocycles. The van der Waals surface area contributed by atoms with Crippen molar-refractivity contribution >= 4 is 11.8 Å². The lowest BCUT2D eigenvalue weighted by atomic mass is 9.97. The molecule has 8 heterocycles. The van der Waals surface area contributed by atoms with E-state index in [1.807, 2.05) is 154 Å². The van der Waals surface area contributed by atoms with Gasteiger partial charge < -0.3 is 98.0 Å². The molecule has 34 nitrogen and oxygen atoms in total. The number of nitrogens with zero attached hydrogens (tertiary/aromatic N) is 12. The van der Waals surface area contributed by atoms with Crippen molar-refractivity contribution in [1.82, 2.24) is 71.1 Å². The number of methoxy groups -OCH3 is 2. The number of hydrogen-bond donors (Lipinski definition) is 10. The number of pyridine rings is 4. The molecule has 136 heavy (non-hydrogen) atoms. The zero-order valence-electron chi connectivity index (χ0n) is 81.8. The molecule has 0 radical (unpaired) electrons.